The smallest absolute Gasteiger partial charge is 0.223 e. The van der Waals surface area contributed by atoms with E-state index in [1.165, 1.54) is 25.7 Å². The van der Waals surface area contributed by atoms with E-state index >= 15 is 0 Å². The van der Waals surface area contributed by atoms with Gasteiger partial charge in [0.25, 0.3) is 0 Å². The summed E-state index contributed by atoms with van der Waals surface area (Å²) in [5.41, 5.74) is 0. The Kier molecular flexibility index (Phi) is 3.32. The molecule has 2 nitrogen and oxygen atoms in total. The van der Waals surface area contributed by atoms with E-state index in [0.717, 1.165) is 12.8 Å². The van der Waals surface area contributed by atoms with Crippen LogP contribution in [-0.2, 0) is 4.79 Å². The number of rotatable bonds is 4. The van der Waals surface area contributed by atoms with Crippen LogP contribution in [0.25, 0.3) is 0 Å². The van der Waals surface area contributed by atoms with Crippen LogP contribution in [0.5, 0.6) is 0 Å². The van der Waals surface area contributed by atoms with E-state index in [1.807, 2.05) is 0 Å². The zero-order valence-corrected chi connectivity index (χ0v) is 9.22. The molecule has 0 aromatic heterocycles. The first-order chi connectivity index (χ1) is 6.77. The van der Waals surface area contributed by atoms with Gasteiger partial charge in [0.05, 0.1) is 5.38 Å². The van der Waals surface area contributed by atoms with Crippen molar-refractivity contribution in [3.8, 4) is 0 Å². The van der Waals surface area contributed by atoms with Gasteiger partial charge < -0.3 is 5.32 Å². The molecule has 2 aliphatic rings. The fourth-order valence-corrected chi connectivity index (χ4v) is 2.48. The zero-order chi connectivity index (χ0) is 9.97. The fourth-order valence-electron chi connectivity index (χ4n) is 2.16. The van der Waals surface area contributed by atoms with Crippen molar-refractivity contribution in [1.82, 2.24) is 5.32 Å². The molecule has 1 N–H and O–H groups in total. The molecule has 1 amide bonds. The van der Waals surface area contributed by atoms with Crippen LogP contribution in [0, 0.1) is 11.8 Å². The van der Waals surface area contributed by atoms with Crippen molar-refractivity contribution in [2.24, 2.45) is 11.8 Å². The summed E-state index contributed by atoms with van der Waals surface area (Å²) in [4.78, 5) is 11.6. The van der Waals surface area contributed by atoms with Crippen molar-refractivity contribution < 1.29 is 4.79 Å². The van der Waals surface area contributed by atoms with Crippen LogP contribution in [0.15, 0.2) is 0 Å². The third-order valence-electron chi connectivity index (χ3n) is 3.33. The molecule has 80 valence electrons. The summed E-state index contributed by atoms with van der Waals surface area (Å²) in [5.74, 6) is 1.17. The summed E-state index contributed by atoms with van der Waals surface area (Å²) in [7, 11) is 0. The average molecular weight is 216 g/mol. The Hall–Kier alpha value is -0.240. The fraction of sp³-hybridized carbons (Fsp3) is 0.909. The van der Waals surface area contributed by atoms with Gasteiger partial charge >= 0.3 is 0 Å². The second kappa shape index (κ2) is 4.52. The van der Waals surface area contributed by atoms with E-state index in [2.05, 4.69) is 5.32 Å². The van der Waals surface area contributed by atoms with E-state index in [4.69, 9.17) is 11.6 Å². The molecule has 0 aromatic carbocycles. The summed E-state index contributed by atoms with van der Waals surface area (Å²) in [6, 6.07) is 0. The highest BCUT2D eigenvalue weighted by Crippen LogP contribution is 2.35. The minimum Gasteiger partial charge on any atom is -0.354 e. The SMILES string of the molecule is O=C(NCC(Cl)C1CC1)C1CCCC1. The molecule has 3 heteroatoms. The standard InChI is InChI=1S/C11H18ClNO/c12-10(8-5-6-8)7-13-11(14)9-3-1-2-4-9/h8-10H,1-7H2,(H,13,14). The Labute approximate surface area is 90.4 Å². The number of hydrogen-bond acceptors (Lipinski definition) is 1. The summed E-state index contributed by atoms with van der Waals surface area (Å²) < 4.78 is 0. The van der Waals surface area contributed by atoms with Gasteiger partial charge in [-0.05, 0) is 31.6 Å². The lowest BCUT2D eigenvalue weighted by Gasteiger charge is -2.13. The van der Waals surface area contributed by atoms with Gasteiger partial charge in [-0.2, -0.15) is 0 Å². The topological polar surface area (TPSA) is 29.1 Å². The summed E-state index contributed by atoms with van der Waals surface area (Å²) >= 11 is 6.11. The zero-order valence-electron chi connectivity index (χ0n) is 8.47. The highest BCUT2D eigenvalue weighted by molar-refractivity contribution is 6.21. The summed E-state index contributed by atoms with van der Waals surface area (Å²) in [6.07, 6.45) is 7.06. The van der Waals surface area contributed by atoms with Crippen LogP contribution in [-0.4, -0.2) is 17.8 Å². The molecular weight excluding hydrogens is 198 g/mol. The third kappa shape index (κ3) is 2.63. The van der Waals surface area contributed by atoms with Crippen molar-refractivity contribution in [2.45, 2.75) is 43.9 Å². The highest BCUT2D eigenvalue weighted by Gasteiger charge is 2.30. The predicted molar refractivity (Wildman–Crippen MR) is 57.3 cm³/mol. The van der Waals surface area contributed by atoms with E-state index in [1.54, 1.807) is 0 Å². The number of amides is 1. The second-order valence-electron chi connectivity index (χ2n) is 4.58. The van der Waals surface area contributed by atoms with Gasteiger partial charge in [-0.25, -0.2) is 0 Å². The van der Waals surface area contributed by atoms with Crippen molar-refractivity contribution in [3.63, 3.8) is 0 Å². The second-order valence-corrected chi connectivity index (χ2v) is 5.14. The predicted octanol–water partition coefficient (Wildman–Crippen LogP) is 2.31. The molecule has 2 saturated carbocycles. The molecule has 0 saturated heterocycles. The van der Waals surface area contributed by atoms with Gasteiger partial charge in [0.2, 0.25) is 5.91 Å². The van der Waals surface area contributed by atoms with E-state index in [-0.39, 0.29) is 17.2 Å². The largest absolute Gasteiger partial charge is 0.354 e. The first kappa shape index (κ1) is 10.3. The molecule has 0 bridgehead atoms. The number of halogens is 1. The molecule has 2 fully saturated rings. The lowest BCUT2D eigenvalue weighted by Crippen LogP contribution is -2.34. The van der Waals surface area contributed by atoms with Crippen LogP contribution in [0.4, 0.5) is 0 Å². The Morgan fingerprint density at radius 3 is 2.50 bits per heavy atom. The van der Waals surface area contributed by atoms with Gasteiger partial charge in [0.1, 0.15) is 0 Å². The molecule has 1 unspecified atom stereocenters. The van der Waals surface area contributed by atoms with E-state index < -0.39 is 0 Å². The van der Waals surface area contributed by atoms with E-state index in [0.29, 0.717) is 12.5 Å². The summed E-state index contributed by atoms with van der Waals surface area (Å²) in [6.45, 7) is 0.668. The Morgan fingerprint density at radius 2 is 1.93 bits per heavy atom. The van der Waals surface area contributed by atoms with Crippen LogP contribution >= 0.6 is 11.6 Å². The highest BCUT2D eigenvalue weighted by atomic mass is 35.5. The molecule has 14 heavy (non-hydrogen) atoms. The maximum atomic E-state index is 11.6. The van der Waals surface area contributed by atoms with Gasteiger partial charge in [0.15, 0.2) is 0 Å². The molecule has 0 aromatic rings. The van der Waals surface area contributed by atoms with Crippen LogP contribution in [0.3, 0.4) is 0 Å². The molecule has 1 atom stereocenters. The van der Waals surface area contributed by atoms with Crippen molar-refractivity contribution in [2.75, 3.05) is 6.54 Å². The van der Waals surface area contributed by atoms with Crippen molar-refractivity contribution in [3.05, 3.63) is 0 Å². The molecular formula is C11H18ClNO. The Bertz CT molecular complexity index is 209. The first-order valence-electron chi connectivity index (χ1n) is 5.69. The van der Waals surface area contributed by atoms with Crippen LogP contribution < -0.4 is 5.32 Å². The lowest BCUT2D eigenvalue weighted by molar-refractivity contribution is -0.124. The Morgan fingerprint density at radius 1 is 1.29 bits per heavy atom. The number of carbonyl (C=O) groups is 1. The quantitative estimate of drug-likeness (QED) is 0.717. The van der Waals surface area contributed by atoms with Gasteiger partial charge in [-0.1, -0.05) is 12.8 Å². The maximum Gasteiger partial charge on any atom is 0.223 e. The van der Waals surface area contributed by atoms with Crippen LogP contribution in [0.1, 0.15) is 38.5 Å². The lowest BCUT2D eigenvalue weighted by atomic mass is 10.1. The normalized spacial score (nSPS) is 24.9. The molecule has 0 spiro atoms. The number of hydrogen-bond donors (Lipinski definition) is 1. The van der Waals surface area contributed by atoms with Crippen molar-refractivity contribution >= 4 is 17.5 Å². The Balaban J connectivity index is 1.66. The number of nitrogens with one attached hydrogen (secondary N) is 1. The third-order valence-corrected chi connectivity index (χ3v) is 3.84. The number of alkyl halides is 1. The minimum atomic E-state index is 0.167. The molecule has 0 radical (unpaired) electrons. The monoisotopic (exact) mass is 215 g/mol. The molecule has 0 heterocycles. The number of carbonyl (C=O) groups excluding carboxylic acids is 1. The molecule has 2 rings (SSSR count). The van der Waals surface area contributed by atoms with Gasteiger partial charge in [-0.15, -0.1) is 11.6 Å². The van der Waals surface area contributed by atoms with Gasteiger partial charge in [0, 0.05) is 12.5 Å². The average Bonchev–Trinajstić information content (AvgIpc) is 2.90. The van der Waals surface area contributed by atoms with Crippen LogP contribution in [0.2, 0.25) is 0 Å². The minimum absolute atomic E-state index is 0.167. The first-order valence-corrected chi connectivity index (χ1v) is 6.13. The van der Waals surface area contributed by atoms with Crippen molar-refractivity contribution in [1.29, 1.82) is 0 Å². The van der Waals surface area contributed by atoms with E-state index in [9.17, 15) is 4.79 Å². The summed E-state index contributed by atoms with van der Waals surface area (Å²) in [5, 5.41) is 3.14. The van der Waals surface area contributed by atoms with Gasteiger partial charge in [-0.3, -0.25) is 4.79 Å². The molecule has 0 aliphatic heterocycles. The maximum absolute atomic E-state index is 11.6. The molecule has 2 aliphatic carbocycles.